The Kier molecular flexibility index (Phi) is 10.4. The van der Waals surface area contributed by atoms with Crippen LogP contribution in [0.25, 0.3) is 5.76 Å². The maximum absolute atomic E-state index is 13.2. The van der Waals surface area contributed by atoms with Crippen molar-refractivity contribution in [1.29, 1.82) is 0 Å². The quantitative estimate of drug-likeness (QED) is 0.176. The van der Waals surface area contributed by atoms with E-state index in [4.69, 9.17) is 11.6 Å². The topological polar surface area (TPSA) is 60.9 Å². The first-order chi connectivity index (χ1) is 16.9. The molecule has 1 atom stereocenters. The van der Waals surface area contributed by atoms with Gasteiger partial charge in [-0.05, 0) is 80.9 Å². The molecule has 7 heteroatoms. The number of carbonyl (C=O) groups is 2. The van der Waals surface area contributed by atoms with E-state index < -0.39 is 17.7 Å². The summed E-state index contributed by atoms with van der Waals surface area (Å²) >= 11 is 9.50. The predicted molar refractivity (Wildman–Crippen MR) is 145 cm³/mol. The first-order valence-electron chi connectivity index (χ1n) is 12.4. The molecule has 1 unspecified atom stereocenters. The number of Topliss-reactive ketones (excluding diaryl/α,β-unsaturated/α-hetero) is 1. The third-order valence-corrected chi connectivity index (χ3v) is 7.10. The Morgan fingerprint density at radius 1 is 1.00 bits per heavy atom. The number of carbonyl (C=O) groups excluding carboxylic acids is 2. The normalized spacial score (nSPS) is 17.5. The molecule has 2 aromatic carbocycles. The maximum atomic E-state index is 13.2. The van der Waals surface area contributed by atoms with Gasteiger partial charge in [0.2, 0.25) is 0 Å². The van der Waals surface area contributed by atoms with E-state index in [-0.39, 0.29) is 11.3 Å². The van der Waals surface area contributed by atoms with Gasteiger partial charge in [0.1, 0.15) is 5.76 Å². The van der Waals surface area contributed by atoms with Gasteiger partial charge in [0.15, 0.2) is 0 Å². The number of halogens is 2. The predicted octanol–water partition coefficient (Wildman–Crippen LogP) is 6.82. The van der Waals surface area contributed by atoms with Gasteiger partial charge in [-0.3, -0.25) is 9.59 Å². The van der Waals surface area contributed by atoms with Crippen molar-refractivity contribution in [1.82, 2.24) is 9.80 Å². The second kappa shape index (κ2) is 13.2. The van der Waals surface area contributed by atoms with E-state index in [9.17, 15) is 14.7 Å². The molecule has 0 saturated carbocycles. The second-order valence-electron chi connectivity index (χ2n) is 8.96. The van der Waals surface area contributed by atoms with Gasteiger partial charge < -0.3 is 14.9 Å². The first-order valence-corrected chi connectivity index (χ1v) is 13.6. The van der Waals surface area contributed by atoms with Crippen molar-refractivity contribution < 1.29 is 14.7 Å². The molecule has 0 spiro atoms. The minimum atomic E-state index is -0.656. The molecular formula is C28H34BrClN2O3. The highest BCUT2D eigenvalue weighted by molar-refractivity contribution is 9.10. The van der Waals surface area contributed by atoms with Gasteiger partial charge in [0.05, 0.1) is 11.6 Å². The zero-order chi connectivity index (χ0) is 25.4. The summed E-state index contributed by atoms with van der Waals surface area (Å²) in [5, 5.41) is 11.7. The van der Waals surface area contributed by atoms with Crippen molar-refractivity contribution in [2.24, 2.45) is 0 Å². The van der Waals surface area contributed by atoms with Crippen LogP contribution in [0.5, 0.6) is 0 Å². The molecule has 1 amide bonds. The molecule has 1 aliphatic heterocycles. The second-order valence-corrected chi connectivity index (χ2v) is 10.3. The number of unbranched alkanes of at least 4 members (excludes halogenated alkanes) is 2. The lowest BCUT2D eigenvalue weighted by Crippen LogP contribution is -2.34. The lowest BCUT2D eigenvalue weighted by molar-refractivity contribution is -0.140. The van der Waals surface area contributed by atoms with Crippen LogP contribution in [-0.2, 0) is 9.59 Å². The van der Waals surface area contributed by atoms with Gasteiger partial charge in [0.25, 0.3) is 11.7 Å². The van der Waals surface area contributed by atoms with Crippen molar-refractivity contribution in [3.8, 4) is 0 Å². The number of ketones is 1. The zero-order valence-corrected chi connectivity index (χ0v) is 22.8. The average Bonchev–Trinajstić information content (AvgIpc) is 3.10. The first kappa shape index (κ1) is 27.4. The minimum Gasteiger partial charge on any atom is -0.507 e. The fourth-order valence-corrected chi connectivity index (χ4v) is 5.00. The smallest absolute Gasteiger partial charge is 0.295 e. The van der Waals surface area contributed by atoms with Crippen LogP contribution in [0, 0.1) is 0 Å². The number of hydrogen-bond acceptors (Lipinski definition) is 4. The van der Waals surface area contributed by atoms with Gasteiger partial charge in [-0.2, -0.15) is 0 Å². The third-order valence-electron chi connectivity index (χ3n) is 6.35. The number of benzene rings is 2. The number of nitrogens with zero attached hydrogens (tertiary/aromatic N) is 2. The number of aliphatic hydroxyl groups is 1. The Labute approximate surface area is 221 Å². The van der Waals surface area contributed by atoms with Crippen molar-refractivity contribution in [3.63, 3.8) is 0 Å². The van der Waals surface area contributed by atoms with E-state index in [1.165, 1.54) is 0 Å². The molecule has 188 valence electrons. The maximum Gasteiger partial charge on any atom is 0.295 e. The molecular weight excluding hydrogens is 528 g/mol. The van der Waals surface area contributed by atoms with Crippen molar-refractivity contribution in [2.75, 3.05) is 26.2 Å². The summed E-state index contributed by atoms with van der Waals surface area (Å²) in [6, 6.07) is 13.5. The van der Waals surface area contributed by atoms with E-state index in [0.29, 0.717) is 17.1 Å². The summed E-state index contributed by atoms with van der Waals surface area (Å²) in [6.45, 7) is 7.77. The zero-order valence-electron chi connectivity index (χ0n) is 20.5. The van der Waals surface area contributed by atoms with Crippen LogP contribution >= 0.6 is 27.5 Å². The average molecular weight is 562 g/mol. The fraction of sp³-hybridized carbons (Fsp3) is 0.429. The Hall–Kier alpha value is -2.15. The summed E-state index contributed by atoms with van der Waals surface area (Å²) in [5.74, 6) is -1.41. The number of aliphatic hydroxyl groups excluding tert-OH is 1. The van der Waals surface area contributed by atoms with Crippen molar-refractivity contribution >= 4 is 45.0 Å². The largest absolute Gasteiger partial charge is 0.507 e. The van der Waals surface area contributed by atoms with E-state index in [1.807, 2.05) is 24.3 Å². The van der Waals surface area contributed by atoms with Crippen LogP contribution in [0.3, 0.4) is 0 Å². The molecule has 3 rings (SSSR count). The molecule has 2 aromatic rings. The van der Waals surface area contributed by atoms with Crippen LogP contribution in [0.1, 0.15) is 63.1 Å². The molecule has 0 aliphatic carbocycles. The van der Waals surface area contributed by atoms with Crippen LogP contribution in [0.2, 0.25) is 5.02 Å². The standard InChI is InChI=1S/C28H34BrClN2O3/c1-3-5-15-31(16-6-4-2)17-8-18-32-25(21-9-7-10-22(29)19-21)24(27(34)28(32)35)26(33)20-11-13-23(30)14-12-20/h7,9-14,19,25,33H,3-6,8,15-18H2,1-2H3/b26-24+. The number of hydrogen-bond donors (Lipinski definition) is 1. The van der Waals surface area contributed by atoms with Crippen LogP contribution in [0.15, 0.2) is 58.6 Å². The molecule has 1 heterocycles. The Bertz CT molecular complexity index is 1050. The molecule has 1 saturated heterocycles. The van der Waals surface area contributed by atoms with E-state index in [1.54, 1.807) is 29.2 Å². The minimum absolute atomic E-state index is 0.115. The van der Waals surface area contributed by atoms with E-state index >= 15 is 0 Å². The van der Waals surface area contributed by atoms with Crippen molar-refractivity contribution in [2.45, 2.75) is 52.0 Å². The van der Waals surface area contributed by atoms with E-state index in [2.05, 4.69) is 34.7 Å². The molecule has 0 radical (unpaired) electrons. The highest BCUT2D eigenvalue weighted by Crippen LogP contribution is 2.40. The summed E-state index contributed by atoms with van der Waals surface area (Å²) in [4.78, 5) is 30.4. The third kappa shape index (κ3) is 6.96. The van der Waals surface area contributed by atoms with Crippen LogP contribution < -0.4 is 0 Å². The number of rotatable bonds is 12. The summed E-state index contributed by atoms with van der Waals surface area (Å²) in [5.41, 5.74) is 1.35. The molecule has 35 heavy (non-hydrogen) atoms. The van der Waals surface area contributed by atoms with Gasteiger partial charge >= 0.3 is 0 Å². The highest BCUT2D eigenvalue weighted by Gasteiger charge is 2.45. The van der Waals surface area contributed by atoms with E-state index in [0.717, 1.165) is 61.8 Å². The van der Waals surface area contributed by atoms with Gasteiger partial charge in [-0.15, -0.1) is 0 Å². The molecule has 1 N–H and O–H groups in total. The van der Waals surface area contributed by atoms with Crippen LogP contribution in [0.4, 0.5) is 0 Å². The van der Waals surface area contributed by atoms with Crippen LogP contribution in [-0.4, -0.2) is 52.8 Å². The summed E-state index contributed by atoms with van der Waals surface area (Å²) in [6.07, 6.45) is 5.34. The van der Waals surface area contributed by atoms with Gasteiger partial charge in [0, 0.05) is 21.6 Å². The molecule has 0 aromatic heterocycles. The van der Waals surface area contributed by atoms with Gasteiger partial charge in [-0.25, -0.2) is 0 Å². The highest BCUT2D eigenvalue weighted by atomic mass is 79.9. The SMILES string of the molecule is CCCCN(CCCC)CCCN1C(=O)C(=O)/C(=C(/O)c2ccc(Cl)cc2)C1c1cccc(Br)c1. The van der Waals surface area contributed by atoms with Gasteiger partial charge in [-0.1, -0.05) is 66.4 Å². The molecule has 5 nitrogen and oxygen atoms in total. The summed E-state index contributed by atoms with van der Waals surface area (Å²) < 4.78 is 0.845. The molecule has 1 fully saturated rings. The Balaban J connectivity index is 1.91. The lowest BCUT2D eigenvalue weighted by atomic mass is 9.95. The Morgan fingerprint density at radius 2 is 1.63 bits per heavy atom. The number of likely N-dealkylation sites (tertiary alicyclic amines) is 1. The molecule has 0 bridgehead atoms. The Morgan fingerprint density at radius 3 is 2.23 bits per heavy atom. The lowest BCUT2D eigenvalue weighted by Gasteiger charge is -2.27. The monoisotopic (exact) mass is 560 g/mol. The number of amides is 1. The summed E-state index contributed by atoms with van der Waals surface area (Å²) in [7, 11) is 0. The fourth-order valence-electron chi connectivity index (χ4n) is 4.46. The van der Waals surface area contributed by atoms with Crippen molar-refractivity contribution in [3.05, 3.63) is 74.7 Å². The molecule has 1 aliphatic rings.